The fourth-order valence-electron chi connectivity index (χ4n) is 2.33. The minimum atomic E-state index is -4.31. The highest BCUT2D eigenvalue weighted by Gasteiger charge is 2.29. The van der Waals surface area contributed by atoms with Gasteiger partial charge in [0.15, 0.2) is 6.61 Å². The highest BCUT2D eigenvalue weighted by molar-refractivity contribution is 5.33. The Morgan fingerprint density at radius 3 is 2.80 bits per heavy atom. The smallest absolute Gasteiger partial charge is 0.422 e. The van der Waals surface area contributed by atoms with Gasteiger partial charge in [-0.05, 0) is 13.0 Å². The van der Waals surface area contributed by atoms with Crippen molar-refractivity contribution in [3.8, 4) is 5.75 Å². The lowest BCUT2D eigenvalue weighted by atomic mass is 10.1. The quantitative estimate of drug-likeness (QED) is 0.921. The van der Waals surface area contributed by atoms with Crippen LogP contribution in [0.15, 0.2) is 24.3 Å². The Balaban J connectivity index is 2.00. The van der Waals surface area contributed by atoms with Crippen LogP contribution < -0.4 is 10.1 Å². The molecule has 6 heteroatoms. The summed E-state index contributed by atoms with van der Waals surface area (Å²) in [7, 11) is 0. The van der Waals surface area contributed by atoms with E-state index in [0.29, 0.717) is 18.3 Å². The van der Waals surface area contributed by atoms with Gasteiger partial charge in [-0.2, -0.15) is 13.2 Å². The van der Waals surface area contributed by atoms with Crippen LogP contribution in [0.25, 0.3) is 0 Å². The lowest BCUT2D eigenvalue weighted by Crippen LogP contribution is -2.48. The molecule has 1 atom stereocenters. The molecular weight excluding hydrogens is 269 g/mol. The predicted octanol–water partition coefficient (Wildman–Crippen LogP) is 2.42. The highest BCUT2D eigenvalue weighted by Crippen LogP contribution is 2.23. The first-order valence-electron chi connectivity index (χ1n) is 6.67. The summed E-state index contributed by atoms with van der Waals surface area (Å²) in [6.07, 6.45) is -4.31. The van der Waals surface area contributed by atoms with Crippen LogP contribution in [0.1, 0.15) is 12.5 Å². The van der Waals surface area contributed by atoms with E-state index >= 15 is 0 Å². The molecule has 2 rings (SSSR count). The van der Waals surface area contributed by atoms with Crippen molar-refractivity contribution in [2.24, 2.45) is 0 Å². The molecule has 0 saturated carbocycles. The number of hydrogen-bond donors (Lipinski definition) is 1. The third-order valence-electron chi connectivity index (χ3n) is 3.21. The maximum absolute atomic E-state index is 12.2. The topological polar surface area (TPSA) is 24.5 Å². The van der Waals surface area contributed by atoms with Crippen LogP contribution in [0.4, 0.5) is 13.2 Å². The molecule has 1 heterocycles. The number of nitrogens with zero attached hydrogens (tertiary/aromatic N) is 1. The molecule has 3 nitrogen and oxygen atoms in total. The molecule has 1 aromatic carbocycles. The molecular formula is C14H19F3N2O. The van der Waals surface area contributed by atoms with Crippen molar-refractivity contribution >= 4 is 0 Å². The number of hydrogen-bond acceptors (Lipinski definition) is 3. The van der Waals surface area contributed by atoms with Crippen molar-refractivity contribution in [3.05, 3.63) is 29.8 Å². The van der Waals surface area contributed by atoms with Gasteiger partial charge in [-0.3, -0.25) is 4.90 Å². The summed E-state index contributed by atoms with van der Waals surface area (Å²) in [5.74, 6) is 0.316. The third-order valence-corrected chi connectivity index (χ3v) is 3.21. The molecule has 0 aromatic heterocycles. The molecule has 1 aromatic rings. The zero-order valence-electron chi connectivity index (χ0n) is 11.4. The second-order valence-corrected chi connectivity index (χ2v) is 5.10. The Kier molecular flexibility index (Phi) is 4.88. The van der Waals surface area contributed by atoms with E-state index in [4.69, 9.17) is 4.74 Å². The number of benzene rings is 1. The molecule has 0 bridgehead atoms. The van der Waals surface area contributed by atoms with Crippen molar-refractivity contribution in [1.29, 1.82) is 0 Å². The molecule has 112 valence electrons. The molecule has 1 N–H and O–H groups in total. The summed E-state index contributed by atoms with van der Waals surface area (Å²) < 4.78 is 41.6. The SMILES string of the molecule is C[C@H]1CN(Cc2ccccc2OCC(F)(F)F)CCN1. The summed E-state index contributed by atoms with van der Waals surface area (Å²) in [5.41, 5.74) is 0.797. The number of nitrogens with one attached hydrogen (secondary N) is 1. The van der Waals surface area contributed by atoms with Crippen LogP contribution in [0, 0.1) is 0 Å². The summed E-state index contributed by atoms with van der Waals surface area (Å²) in [6, 6.07) is 7.31. The van der Waals surface area contributed by atoms with E-state index in [1.54, 1.807) is 12.1 Å². The zero-order valence-corrected chi connectivity index (χ0v) is 11.4. The number of halogens is 3. The Hall–Kier alpha value is -1.27. The van der Waals surface area contributed by atoms with Crippen LogP contribution in [0.3, 0.4) is 0 Å². The van der Waals surface area contributed by atoms with E-state index < -0.39 is 12.8 Å². The molecule has 1 aliphatic rings. The Labute approximate surface area is 116 Å². The normalized spacial score (nSPS) is 20.9. The van der Waals surface area contributed by atoms with E-state index in [2.05, 4.69) is 17.1 Å². The highest BCUT2D eigenvalue weighted by atomic mass is 19.4. The van der Waals surface area contributed by atoms with Crippen molar-refractivity contribution in [2.75, 3.05) is 26.2 Å². The maximum atomic E-state index is 12.2. The molecule has 0 aliphatic carbocycles. The van der Waals surface area contributed by atoms with E-state index in [1.165, 1.54) is 0 Å². The molecule has 1 saturated heterocycles. The average Bonchev–Trinajstić information content (AvgIpc) is 2.37. The molecule has 20 heavy (non-hydrogen) atoms. The maximum Gasteiger partial charge on any atom is 0.422 e. The standard InChI is InChI=1S/C14H19F3N2O/c1-11-8-19(7-6-18-11)9-12-4-2-3-5-13(12)20-10-14(15,16)17/h2-5,11,18H,6-10H2,1H3/t11-/m0/s1. The minimum Gasteiger partial charge on any atom is -0.484 e. The van der Waals surface area contributed by atoms with Gasteiger partial charge in [0.05, 0.1) is 0 Å². The Morgan fingerprint density at radius 1 is 1.35 bits per heavy atom. The van der Waals surface area contributed by atoms with E-state index in [-0.39, 0.29) is 0 Å². The number of piperazine rings is 1. The number of alkyl halides is 3. The monoisotopic (exact) mass is 288 g/mol. The van der Waals surface area contributed by atoms with Crippen LogP contribution in [0.2, 0.25) is 0 Å². The first kappa shape index (κ1) is 15.1. The van der Waals surface area contributed by atoms with Gasteiger partial charge < -0.3 is 10.1 Å². The van der Waals surface area contributed by atoms with Crippen molar-refractivity contribution in [1.82, 2.24) is 10.2 Å². The van der Waals surface area contributed by atoms with Crippen LogP contribution in [-0.4, -0.2) is 43.4 Å². The third kappa shape index (κ3) is 4.68. The molecule has 0 spiro atoms. The molecule has 0 amide bonds. The lowest BCUT2D eigenvalue weighted by Gasteiger charge is -2.32. The van der Waals surface area contributed by atoms with Crippen molar-refractivity contribution in [3.63, 3.8) is 0 Å². The van der Waals surface area contributed by atoms with Crippen molar-refractivity contribution in [2.45, 2.75) is 25.7 Å². The van der Waals surface area contributed by atoms with E-state index in [9.17, 15) is 13.2 Å². The van der Waals surface area contributed by atoms with Gasteiger partial charge in [0, 0.05) is 37.8 Å². The lowest BCUT2D eigenvalue weighted by molar-refractivity contribution is -0.153. The van der Waals surface area contributed by atoms with Gasteiger partial charge in [0.1, 0.15) is 5.75 Å². The first-order chi connectivity index (χ1) is 9.44. The van der Waals surface area contributed by atoms with E-state index in [1.807, 2.05) is 12.1 Å². The van der Waals surface area contributed by atoms with Gasteiger partial charge in [-0.25, -0.2) is 0 Å². The molecule has 0 unspecified atom stereocenters. The van der Waals surface area contributed by atoms with Gasteiger partial charge >= 0.3 is 6.18 Å². The number of para-hydroxylation sites is 1. The van der Waals surface area contributed by atoms with Crippen LogP contribution in [0.5, 0.6) is 5.75 Å². The van der Waals surface area contributed by atoms with Gasteiger partial charge in [-0.1, -0.05) is 18.2 Å². The zero-order chi connectivity index (χ0) is 14.6. The summed E-state index contributed by atoms with van der Waals surface area (Å²) in [6.45, 7) is 4.12. The molecule has 1 fully saturated rings. The fraction of sp³-hybridized carbons (Fsp3) is 0.571. The minimum absolute atomic E-state index is 0.316. The summed E-state index contributed by atoms with van der Waals surface area (Å²) in [4.78, 5) is 2.22. The Bertz CT molecular complexity index is 437. The second kappa shape index (κ2) is 6.45. The first-order valence-corrected chi connectivity index (χ1v) is 6.67. The van der Waals surface area contributed by atoms with Gasteiger partial charge in [0.25, 0.3) is 0 Å². The van der Waals surface area contributed by atoms with E-state index in [0.717, 1.165) is 25.2 Å². The Morgan fingerprint density at radius 2 is 2.10 bits per heavy atom. The van der Waals surface area contributed by atoms with Crippen LogP contribution >= 0.6 is 0 Å². The molecule has 0 radical (unpaired) electrons. The predicted molar refractivity (Wildman–Crippen MR) is 70.7 cm³/mol. The fourth-order valence-corrected chi connectivity index (χ4v) is 2.33. The summed E-state index contributed by atoms with van der Waals surface area (Å²) >= 11 is 0. The average molecular weight is 288 g/mol. The second-order valence-electron chi connectivity index (χ2n) is 5.10. The number of rotatable bonds is 4. The van der Waals surface area contributed by atoms with Crippen molar-refractivity contribution < 1.29 is 17.9 Å². The number of ether oxygens (including phenoxy) is 1. The van der Waals surface area contributed by atoms with Gasteiger partial charge in [-0.15, -0.1) is 0 Å². The van der Waals surface area contributed by atoms with Crippen LogP contribution in [-0.2, 0) is 6.54 Å². The van der Waals surface area contributed by atoms with Gasteiger partial charge in [0.2, 0.25) is 0 Å². The molecule has 1 aliphatic heterocycles. The summed E-state index contributed by atoms with van der Waals surface area (Å²) in [5, 5.41) is 3.34. The largest absolute Gasteiger partial charge is 0.484 e.